The van der Waals surface area contributed by atoms with Gasteiger partial charge in [0.1, 0.15) is 6.04 Å². The van der Waals surface area contributed by atoms with Gasteiger partial charge in [-0.25, -0.2) is 13.2 Å². The van der Waals surface area contributed by atoms with Crippen LogP contribution >= 0.6 is 0 Å². The number of nitrogens with zero attached hydrogens (tertiary/aromatic N) is 2. The van der Waals surface area contributed by atoms with Gasteiger partial charge in [0.05, 0.1) is 12.0 Å². The van der Waals surface area contributed by atoms with Crippen molar-refractivity contribution < 1.29 is 27.5 Å². The summed E-state index contributed by atoms with van der Waals surface area (Å²) in [6, 6.07) is 5.10. The molecular weight excluding hydrogens is 410 g/mol. The summed E-state index contributed by atoms with van der Waals surface area (Å²) in [5.74, 6) is -0.213. The lowest BCUT2D eigenvalue weighted by molar-refractivity contribution is -0.135. The van der Waals surface area contributed by atoms with Crippen molar-refractivity contribution in [3.63, 3.8) is 0 Å². The highest BCUT2D eigenvalue weighted by molar-refractivity contribution is 7.89. The van der Waals surface area contributed by atoms with Gasteiger partial charge in [0.2, 0.25) is 15.9 Å². The molecule has 2 rings (SSSR count). The molecule has 1 heterocycles. The molecule has 0 spiro atoms. The van der Waals surface area contributed by atoms with Crippen LogP contribution in [0.15, 0.2) is 29.2 Å². The number of carbonyl (C=O) groups is 3. The average Bonchev–Trinajstić information content (AvgIpc) is 2.72. The van der Waals surface area contributed by atoms with Crippen molar-refractivity contribution in [3.05, 3.63) is 29.8 Å². The van der Waals surface area contributed by atoms with Crippen LogP contribution in [0.5, 0.6) is 0 Å². The molecule has 1 saturated heterocycles. The molecule has 1 aliphatic rings. The van der Waals surface area contributed by atoms with Gasteiger partial charge in [0.15, 0.2) is 5.78 Å². The summed E-state index contributed by atoms with van der Waals surface area (Å²) in [6.07, 6.45) is -0.223. The molecule has 9 nitrogen and oxygen atoms in total. The number of nitrogens with one attached hydrogen (secondary N) is 1. The number of Topliss-reactive ketones (excluding diaryl/α,β-unsaturated/α-hetero) is 1. The molecule has 1 N–H and O–H groups in total. The Bertz CT molecular complexity index is 874. The average molecular weight is 440 g/mol. The lowest BCUT2D eigenvalue weighted by Gasteiger charge is -2.36. The van der Waals surface area contributed by atoms with Crippen molar-refractivity contribution in [1.82, 2.24) is 14.5 Å². The van der Waals surface area contributed by atoms with E-state index >= 15 is 0 Å². The van der Waals surface area contributed by atoms with Crippen molar-refractivity contribution in [2.24, 2.45) is 5.92 Å². The Hall–Kier alpha value is -2.46. The number of ketones is 1. The van der Waals surface area contributed by atoms with Gasteiger partial charge in [-0.1, -0.05) is 26.0 Å². The standard InChI is InChI=1S/C20H29N3O6S/c1-14(2)13-18(21-20(26)29-4)19(25)22-9-11-23(12-10-22)30(27,28)17-7-5-16(6-8-17)15(3)24/h5-8,14,18H,9-13H2,1-4H3,(H,21,26). The molecule has 1 aromatic rings. The second kappa shape index (κ2) is 10.0. The lowest BCUT2D eigenvalue weighted by atomic mass is 10.0. The van der Waals surface area contributed by atoms with Crippen LogP contribution in [0.25, 0.3) is 0 Å². The van der Waals surface area contributed by atoms with E-state index < -0.39 is 22.2 Å². The van der Waals surface area contributed by atoms with Gasteiger partial charge in [-0.05, 0) is 31.4 Å². The van der Waals surface area contributed by atoms with Gasteiger partial charge in [0, 0.05) is 31.7 Å². The van der Waals surface area contributed by atoms with Gasteiger partial charge < -0.3 is 15.0 Å². The monoisotopic (exact) mass is 439 g/mol. The van der Waals surface area contributed by atoms with Gasteiger partial charge >= 0.3 is 6.09 Å². The van der Waals surface area contributed by atoms with Crippen LogP contribution in [0, 0.1) is 5.92 Å². The third kappa shape index (κ3) is 5.79. The second-order valence-corrected chi connectivity index (χ2v) is 9.57. The quantitative estimate of drug-likeness (QED) is 0.644. The molecule has 0 radical (unpaired) electrons. The topological polar surface area (TPSA) is 113 Å². The van der Waals surface area contributed by atoms with E-state index in [1.807, 2.05) is 13.8 Å². The Labute approximate surface area is 177 Å². The molecule has 0 aromatic heterocycles. The summed E-state index contributed by atoms with van der Waals surface area (Å²) >= 11 is 0. The number of hydrogen-bond acceptors (Lipinski definition) is 6. The number of ether oxygens (including phenoxy) is 1. The normalized spacial score (nSPS) is 16.2. The molecule has 1 aliphatic heterocycles. The van der Waals surface area contributed by atoms with E-state index in [2.05, 4.69) is 10.1 Å². The number of carbonyl (C=O) groups excluding carboxylic acids is 3. The fraction of sp³-hybridized carbons (Fsp3) is 0.550. The van der Waals surface area contributed by atoms with Crippen molar-refractivity contribution in [3.8, 4) is 0 Å². The van der Waals surface area contributed by atoms with Crippen LogP contribution in [0.2, 0.25) is 0 Å². The molecule has 1 aromatic carbocycles. The number of benzene rings is 1. The first-order valence-corrected chi connectivity index (χ1v) is 11.2. The molecule has 30 heavy (non-hydrogen) atoms. The van der Waals surface area contributed by atoms with E-state index in [4.69, 9.17) is 0 Å². The number of hydrogen-bond donors (Lipinski definition) is 1. The molecular formula is C20H29N3O6S. The summed E-state index contributed by atoms with van der Waals surface area (Å²) in [6.45, 7) is 6.05. The molecule has 166 valence electrons. The number of alkyl carbamates (subject to hydrolysis) is 1. The molecule has 1 fully saturated rings. The highest BCUT2D eigenvalue weighted by Crippen LogP contribution is 2.19. The van der Waals surface area contributed by atoms with Crippen molar-refractivity contribution in [2.75, 3.05) is 33.3 Å². The van der Waals surface area contributed by atoms with Gasteiger partial charge in [-0.2, -0.15) is 4.31 Å². The first-order valence-electron chi connectivity index (χ1n) is 9.80. The van der Waals surface area contributed by atoms with Gasteiger partial charge in [-0.3, -0.25) is 9.59 Å². The summed E-state index contributed by atoms with van der Waals surface area (Å²) < 4.78 is 31.7. The molecule has 0 bridgehead atoms. The van der Waals surface area contributed by atoms with Crippen LogP contribution in [0.4, 0.5) is 4.79 Å². The van der Waals surface area contributed by atoms with Gasteiger partial charge in [-0.15, -0.1) is 0 Å². The van der Waals surface area contributed by atoms with E-state index in [9.17, 15) is 22.8 Å². The number of sulfonamides is 1. The predicted molar refractivity (Wildman–Crippen MR) is 111 cm³/mol. The summed E-state index contributed by atoms with van der Waals surface area (Å²) in [4.78, 5) is 37.5. The third-order valence-electron chi connectivity index (χ3n) is 4.93. The van der Waals surface area contributed by atoms with Crippen LogP contribution < -0.4 is 5.32 Å². The van der Waals surface area contributed by atoms with Crippen LogP contribution in [-0.4, -0.2) is 74.7 Å². The first kappa shape index (κ1) is 23.8. The first-order chi connectivity index (χ1) is 14.1. The van der Waals surface area contributed by atoms with Crippen molar-refractivity contribution >= 4 is 27.8 Å². The van der Waals surface area contributed by atoms with E-state index in [1.54, 1.807) is 4.90 Å². The summed E-state index contributed by atoms with van der Waals surface area (Å²) in [7, 11) is -2.49. The SMILES string of the molecule is COC(=O)NC(CC(C)C)C(=O)N1CCN(S(=O)(=O)c2ccc(C(C)=O)cc2)CC1. The zero-order valence-electron chi connectivity index (χ0n) is 17.8. The maximum Gasteiger partial charge on any atom is 0.407 e. The lowest BCUT2D eigenvalue weighted by Crippen LogP contribution is -2.56. The maximum atomic E-state index is 12.9. The zero-order chi connectivity index (χ0) is 22.5. The number of amides is 2. The minimum atomic E-state index is -3.72. The molecule has 2 amide bonds. The molecule has 0 saturated carbocycles. The maximum absolute atomic E-state index is 12.9. The summed E-state index contributed by atoms with van der Waals surface area (Å²) in [5, 5.41) is 2.57. The van der Waals surface area contributed by atoms with E-state index in [0.29, 0.717) is 12.0 Å². The van der Waals surface area contributed by atoms with Crippen LogP contribution in [-0.2, 0) is 19.6 Å². The second-order valence-electron chi connectivity index (χ2n) is 7.63. The minimum Gasteiger partial charge on any atom is -0.453 e. The Balaban J connectivity index is 2.05. The fourth-order valence-corrected chi connectivity index (χ4v) is 4.70. The Morgan fingerprint density at radius 2 is 1.63 bits per heavy atom. The molecule has 1 unspecified atom stereocenters. The highest BCUT2D eigenvalue weighted by Gasteiger charge is 2.33. The molecule has 10 heteroatoms. The largest absolute Gasteiger partial charge is 0.453 e. The number of rotatable bonds is 7. The van der Waals surface area contributed by atoms with Gasteiger partial charge in [0.25, 0.3) is 0 Å². The highest BCUT2D eigenvalue weighted by atomic mass is 32.2. The van der Waals surface area contributed by atoms with Crippen molar-refractivity contribution in [2.45, 2.75) is 38.1 Å². The smallest absolute Gasteiger partial charge is 0.407 e. The van der Waals surface area contributed by atoms with Crippen LogP contribution in [0.3, 0.4) is 0 Å². The number of piperazine rings is 1. The Kier molecular flexibility index (Phi) is 7.96. The zero-order valence-corrected chi connectivity index (χ0v) is 18.6. The molecule has 0 aliphatic carbocycles. The van der Waals surface area contributed by atoms with Crippen molar-refractivity contribution in [1.29, 1.82) is 0 Å². The fourth-order valence-electron chi connectivity index (χ4n) is 3.27. The van der Waals surface area contributed by atoms with E-state index in [1.165, 1.54) is 42.6 Å². The minimum absolute atomic E-state index is 0.109. The van der Waals surface area contributed by atoms with E-state index in [0.717, 1.165) is 0 Å². The Morgan fingerprint density at radius 1 is 1.07 bits per heavy atom. The summed E-state index contributed by atoms with van der Waals surface area (Å²) in [5.41, 5.74) is 0.443. The Morgan fingerprint density at radius 3 is 2.10 bits per heavy atom. The van der Waals surface area contributed by atoms with E-state index in [-0.39, 0.29) is 48.7 Å². The molecule has 1 atom stereocenters. The van der Waals surface area contributed by atoms with Crippen LogP contribution in [0.1, 0.15) is 37.6 Å². The predicted octanol–water partition coefficient (Wildman–Crippen LogP) is 1.49. The third-order valence-corrected chi connectivity index (χ3v) is 6.84. The number of methoxy groups -OCH3 is 1.